The molecule has 1 amide bonds. The summed E-state index contributed by atoms with van der Waals surface area (Å²) in [5.41, 5.74) is 0.468. The van der Waals surface area contributed by atoms with Crippen LogP contribution in [-0.4, -0.2) is 43.2 Å². The van der Waals surface area contributed by atoms with E-state index in [2.05, 4.69) is 10.6 Å². The molecule has 2 aromatic carbocycles. The van der Waals surface area contributed by atoms with Crippen LogP contribution in [-0.2, 0) is 14.3 Å². The van der Waals surface area contributed by atoms with Crippen LogP contribution < -0.4 is 10.6 Å². The van der Waals surface area contributed by atoms with Gasteiger partial charge in [0.1, 0.15) is 11.5 Å². The van der Waals surface area contributed by atoms with E-state index in [0.717, 1.165) is 12.1 Å². The molecule has 9 nitrogen and oxygen atoms in total. The molecule has 0 fully saturated rings. The third-order valence-corrected chi connectivity index (χ3v) is 4.14. The topological polar surface area (TPSA) is 120 Å². The number of carbonyl (C=O) groups excluding carboxylic acids is 2. The normalized spacial score (nSPS) is 11.5. The molecule has 0 heterocycles. The lowest BCUT2D eigenvalue weighted by Crippen LogP contribution is -2.30. The number of anilines is 2. The summed E-state index contributed by atoms with van der Waals surface area (Å²) in [6.45, 7) is 3.62. The number of hydrogen-bond acceptors (Lipinski definition) is 7. The zero-order chi connectivity index (χ0) is 22.3. The van der Waals surface area contributed by atoms with Crippen LogP contribution in [0.1, 0.15) is 22.8 Å². The minimum atomic E-state index is -1.21. The predicted molar refractivity (Wildman–Crippen MR) is 108 cm³/mol. The molecular formula is C20H22FN3O6. The third-order valence-electron chi connectivity index (χ3n) is 4.14. The van der Waals surface area contributed by atoms with E-state index in [1.54, 1.807) is 6.92 Å². The number of amides is 1. The fraction of sp³-hybridized carbons (Fsp3) is 0.300. The molecule has 0 aliphatic heterocycles. The standard InChI is InChI=1S/C20H22FN3O6/c1-12-4-6-15(11-16(12)21)23-19(25)13(2)30-20(26)14-5-7-17(22-8-9-29-3)18(10-14)24(27)28/h4-7,10-11,13,22H,8-9H2,1-3H3,(H,23,25)/t13-/m1/s1. The molecule has 30 heavy (non-hydrogen) atoms. The number of esters is 1. The van der Waals surface area contributed by atoms with Crippen molar-refractivity contribution in [1.82, 2.24) is 0 Å². The Kier molecular flexibility index (Phi) is 7.82. The Morgan fingerprint density at radius 3 is 2.60 bits per heavy atom. The molecule has 0 aromatic heterocycles. The number of nitrogens with one attached hydrogen (secondary N) is 2. The predicted octanol–water partition coefficient (Wildman–Crippen LogP) is 3.28. The summed E-state index contributed by atoms with van der Waals surface area (Å²) in [5.74, 6) is -2.05. The first-order chi connectivity index (χ1) is 14.2. The highest BCUT2D eigenvalue weighted by Crippen LogP contribution is 2.26. The summed E-state index contributed by atoms with van der Waals surface area (Å²) in [6, 6.07) is 7.97. The Morgan fingerprint density at radius 1 is 1.23 bits per heavy atom. The fourth-order valence-corrected chi connectivity index (χ4v) is 2.44. The molecule has 0 spiro atoms. The Hall–Kier alpha value is -3.53. The molecule has 0 radical (unpaired) electrons. The summed E-state index contributed by atoms with van der Waals surface area (Å²) >= 11 is 0. The fourth-order valence-electron chi connectivity index (χ4n) is 2.44. The molecule has 0 unspecified atom stereocenters. The van der Waals surface area contributed by atoms with Crippen molar-refractivity contribution in [2.45, 2.75) is 20.0 Å². The van der Waals surface area contributed by atoms with Crippen molar-refractivity contribution in [2.75, 3.05) is 30.9 Å². The number of nitrogens with zero attached hydrogens (tertiary/aromatic N) is 1. The van der Waals surface area contributed by atoms with Crippen molar-refractivity contribution in [3.05, 3.63) is 63.5 Å². The number of methoxy groups -OCH3 is 1. The summed E-state index contributed by atoms with van der Waals surface area (Å²) in [7, 11) is 1.50. The van der Waals surface area contributed by atoms with Crippen LogP contribution >= 0.6 is 0 Å². The van der Waals surface area contributed by atoms with E-state index in [1.165, 1.54) is 38.3 Å². The highest BCUT2D eigenvalue weighted by molar-refractivity contribution is 5.97. The van der Waals surface area contributed by atoms with Gasteiger partial charge in [0.2, 0.25) is 0 Å². The van der Waals surface area contributed by atoms with Crippen molar-refractivity contribution in [2.24, 2.45) is 0 Å². The molecule has 2 aromatic rings. The van der Waals surface area contributed by atoms with Gasteiger partial charge in [0.05, 0.1) is 17.1 Å². The summed E-state index contributed by atoms with van der Waals surface area (Å²) in [4.78, 5) is 35.2. The number of nitro groups is 1. The van der Waals surface area contributed by atoms with E-state index in [-0.39, 0.29) is 22.6 Å². The van der Waals surface area contributed by atoms with Gasteiger partial charge >= 0.3 is 5.97 Å². The second-order valence-corrected chi connectivity index (χ2v) is 6.41. The lowest BCUT2D eigenvalue weighted by atomic mass is 10.1. The molecule has 1 atom stereocenters. The number of nitro benzene ring substituents is 1. The molecule has 10 heteroatoms. The first-order valence-electron chi connectivity index (χ1n) is 9.02. The quantitative estimate of drug-likeness (QED) is 0.277. The van der Waals surface area contributed by atoms with Crippen LogP contribution in [0.3, 0.4) is 0 Å². The highest BCUT2D eigenvalue weighted by Gasteiger charge is 2.22. The molecule has 0 saturated heterocycles. The van der Waals surface area contributed by atoms with Crippen molar-refractivity contribution < 1.29 is 28.4 Å². The zero-order valence-corrected chi connectivity index (χ0v) is 16.7. The largest absolute Gasteiger partial charge is 0.449 e. The monoisotopic (exact) mass is 419 g/mol. The molecule has 2 N–H and O–H groups in total. The average Bonchev–Trinajstić information content (AvgIpc) is 2.70. The molecule has 0 aliphatic rings. The van der Waals surface area contributed by atoms with E-state index in [0.29, 0.717) is 18.7 Å². The number of rotatable bonds is 9. The second kappa shape index (κ2) is 10.3. The molecule has 2 rings (SSSR count). The first kappa shape index (κ1) is 22.8. The van der Waals surface area contributed by atoms with Gasteiger partial charge in [0, 0.05) is 25.4 Å². The van der Waals surface area contributed by atoms with Crippen molar-refractivity contribution in [3.63, 3.8) is 0 Å². The maximum Gasteiger partial charge on any atom is 0.339 e. The van der Waals surface area contributed by atoms with Gasteiger partial charge in [0.25, 0.3) is 11.6 Å². The summed E-state index contributed by atoms with van der Waals surface area (Å²) < 4.78 is 23.6. The highest BCUT2D eigenvalue weighted by atomic mass is 19.1. The number of benzene rings is 2. The third kappa shape index (κ3) is 5.98. The molecule has 0 aliphatic carbocycles. The van der Waals surface area contributed by atoms with Gasteiger partial charge in [-0.15, -0.1) is 0 Å². The van der Waals surface area contributed by atoms with E-state index in [1.807, 2.05) is 0 Å². The zero-order valence-electron chi connectivity index (χ0n) is 16.7. The van der Waals surface area contributed by atoms with Crippen molar-refractivity contribution in [1.29, 1.82) is 0 Å². The lowest BCUT2D eigenvalue weighted by Gasteiger charge is -2.14. The molecule has 160 valence electrons. The maximum atomic E-state index is 13.6. The van der Waals surface area contributed by atoms with Crippen molar-refractivity contribution in [3.8, 4) is 0 Å². The number of halogens is 1. The number of hydrogen-bond donors (Lipinski definition) is 2. The Balaban J connectivity index is 2.06. The van der Waals surface area contributed by atoms with E-state index >= 15 is 0 Å². The maximum absolute atomic E-state index is 13.6. The van der Waals surface area contributed by atoms with Crippen LogP contribution in [0.25, 0.3) is 0 Å². The van der Waals surface area contributed by atoms with E-state index < -0.39 is 28.7 Å². The van der Waals surface area contributed by atoms with Gasteiger partial charge in [0.15, 0.2) is 6.10 Å². The Bertz CT molecular complexity index is 950. The minimum Gasteiger partial charge on any atom is -0.449 e. The number of aryl methyl sites for hydroxylation is 1. The summed E-state index contributed by atoms with van der Waals surface area (Å²) in [6.07, 6.45) is -1.21. The van der Waals surface area contributed by atoms with Gasteiger partial charge in [-0.1, -0.05) is 6.07 Å². The van der Waals surface area contributed by atoms with Crippen molar-refractivity contribution >= 4 is 28.9 Å². The Morgan fingerprint density at radius 2 is 1.97 bits per heavy atom. The smallest absolute Gasteiger partial charge is 0.339 e. The second-order valence-electron chi connectivity index (χ2n) is 6.41. The molecule has 0 saturated carbocycles. The van der Waals surface area contributed by atoms with Gasteiger partial charge in [-0.25, -0.2) is 9.18 Å². The Labute approximate surface area is 172 Å². The number of carbonyl (C=O) groups is 2. The van der Waals surface area contributed by atoms with Gasteiger partial charge in [-0.3, -0.25) is 14.9 Å². The van der Waals surface area contributed by atoms with E-state index in [4.69, 9.17) is 9.47 Å². The van der Waals surface area contributed by atoms with Crippen LogP contribution in [0.4, 0.5) is 21.5 Å². The van der Waals surface area contributed by atoms with Crippen LogP contribution in [0.2, 0.25) is 0 Å². The van der Waals surface area contributed by atoms with Crippen LogP contribution in [0, 0.1) is 22.9 Å². The van der Waals surface area contributed by atoms with Gasteiger partial charge in [-0.2, -0.15) is 0 Å². The lowest BCUT2D eigenvalue weighted by molar-refractivity contribution is -0.384. The first-order valence-corrected chi connectivity index (χ1v) is 9.02. The average molecular weight is 419 g/mol. The van der Waals surface area contributed by atoms with Gasteiger partial charge < -0.3 is 20.1 Å². The van der Waals surface area contributed by atoms with Crippen LogP contribution in [0.15, 0.2) is 36.4 Å². The summed E-state index contributed by atoms with van der Waals surface area (Å²) in [5, 5.41) is 16.6. The SMILES string of the molecule is COCCNc1ccc(C(=O)O[C@H](C)C(=O)Nc2ccc(C)c(F)c2)cc1[N+](=O)[O-]. The van der Waals surface area contributed by atoms with E-state index in [9.17, 15) is 24.1 Å². The van der Waals surface area contributed by atoms with Crippen LogP contribution in [0.5, 0.6) is 0 Å². The molecular weight excluding hydrogens is 397 g/mol. The minimum absolute atomic E-state index is 0.0833. The van der Waals surface area contributed by atoms with Gasteiger partial charge in [-0.05, 0) is 43.7 Å². The molecule has 0 bridgehead atoms. The number of ether oxygens (including phenoxy) is 2.